The fourth-order valence-electron chi connectivity index (χ4n) is 2.51. The summed E-state index contributed by atoms with van der Waals surface area (Å²) in [5.74, 6) is 2.29. The van der Waals surface area contributed by atoms with E-state index in [-0.39, 0.29) is 5.60 Å². The van der Waals surface area contributed by atoms with E-state index in [1.807, 2.05) is 6.92 Å². The highest BCUT2D eigenvalue weighted by Crippen LogP contribution is 2.39. The predicted octanol–water partition coefficient (Wildman–Crippen LogP) is 3.02. The lowest BCUT2D eigenvalue weighted by molar-refractivity contribution is -0.0777. The van der Waals surface area contributed by atoms with Crippen LogP contribution in [0.1, 0.15) is 50.7 Å². The van der Waals surface area contributed by atoms with Crippen LogP contribution in [0.2, 0.25) is 0 Å². The van der Waals surface area contributed by atoms with Gasteiger partial charge in [-0.05, 0) is 19.8 Å². The normalized spacial score (nSPS) is 18.1. The molecule has 0 radical (unpaired) electrons. The second kappa shape index (κ2) is 6.92. The Morgan fingerprint density at radius 3 is 2.89 bits per heavy atom. The Morgan fingerprint density at radius 1 is 1.42 bits per heavy atom. The fourth-order valence-corrected chi connectivity index (χ4v) is 3.00. The predicted molar refractivity (Wildman–Crippen MR) is 72.5 cm³/mol. The van der Waals surface area contributed by atoms with E-state index in [1.165, 1.54) is 18.2 Å². The maximum absolute atomic E-state index is 8.51. The van der Waals surface area contributed by atoms with Crippen molar-refractivity contribution in [2.24, 2.45) is 0 Å². The molecular weight excluding hydrogens is 262 g/mol. The first-order valence-corrected chi connectivity index (χ1v) is 7.88. The van der Waals surface area contributed by atoms with E-state index in [2.05, 4.69) is 16.2 Å². The average Bonchev–Trinajstić information content (AvgIpc) is 2.90. The van der Waals surface area contributed by atoms with Gasteiger partial charge < -0.3 is 9.26 Å². The summed E-state index contributed by atoms with van der Waals surface area (Å²) < 4.78 is 11.2. The highest BCUT2D eigenvalue weighted by molar-refractivity contribution is 7.98. The average molecular weight is 281 g/mol. The summed E-state index contributed by atoms with van der Waals surface area (Å²) in [4.78, 5) is 4.46. The number of nitrogens with zero attached hydrogens (tertiary/aromatic N) is 3. The van der Waals surface area contributed by atoms with Gasteiger partial charge in [0.1, 0.15) is 5.60 Å². The topological polar surface area (TPSA) is 71.9 Å². The quantitative estimate of drug-likeness (QED) is 0.746. The van der Waals surface area contributed by atoms with E-state index in [1.54, 1.807) is 0 Å². The molecule has 0 aliphatic heterocycles. The molecule has 0 unspecified atom stereocenters. The van der Waals surface area contributed by atoms with Gasteiger partial charge in [-0.2, -0.15) is 10.2 Å². The zero-order valence-electron chi connectivity index (χ0n) is 11.2. The molecule has 1 aromatic rings. The number of aromatic nitrogens is 2. The third-order valence-electron chi connectivity index (χ3n) is 3.35. The van der Waals surface area contributed by atoms with Gasteiger partial charge in [-0.15, -0.1) is 11.8 Å². The molecule has 0 atom stereocenters. The molecule has 1 fully saturated rings. The molecule has 6 heteroatoms. The van der Waals surface area contributed by atoms with Crippen LogP contribution in [-0.2, 0) is 16.1 Å². The SMILES string of the molecule is CCOC1(c2noc(CSCC#N)n2)CCCCC1. The molecule has 0 aromatic carbocycles. The van der Waals surface area contributed by atoms with Gasteiger partial charge >= 0.3 is 0 Å². The van der Waals surface area contributed by atoms with Crippen LogP contribution < -0.4 is 0 Å². The minimum atomic E-state index is -0.353. The lowest BCUT2D eigenvalue weighted by atomic mass is 9.84. The van der Waals surface area contributed by atoms with Gasteiger partial charge in [-0.3, -0.25) is 0 Å². The van der Waals surface area contributed by atoms with Crippen LogP contribution in [0.25, 0.3) is 0 Å². The van der Waals surface area contributed by atoms with Crippen LogP contribution in [0.5, 0.6) is 0 Å². The monoisotopic (exact) mass is 281 g/mol. The molecule has 1 saturated carbocycles. The fraction of sp³-hybridized carbons (Fsp3) is 0.769. The van der Waals surface area contributed by atoms with Gasteiger partial charge in [0.15, 0.2) is 0 Å². The summed E-state index contributed by atoms with van der Waals surface area (Å²) in [6, 6.07) is 2.08. The van der Waals surface area contributed by atoms with Gasteiger partial charge in [-0.25, -0.2) is 0 Å². The van der Waals surface area contributed by atoms with Crippen molar-refractivity contribution in [2.45, 2.75) is 50.4 Å². The Labute approximate surface area is 117 Å². The first kappa shape index (κ1) is 14.4. The number of hydrogen-bond acceptors (Lipinski definition) is 6. The first-order chi connectivity index (χ1) is 9.30. The molecule has 1 heterocycles. The summed E-state index contributed by atoms with van der Waals surface area (Å²) in [6.07, 6.45) is 5.47. The van der Waals surface area contributed by atoms with Gasteiger partial charge in [0.25, 0.3) is 0 Å². The smallest absolute Gasteiger partial charge is 0.236 e. The standard InChI is InChI=1S/C13H19N3O2S/c1-2-17-13(6-4-3-5-7-13)12-15-11(18-16-12)10-19-9-8-14/h2-7,9-10H2,1H3. The van der Waals surface area contributed by atoms with Crippen molar-refractivity contribution in [1.29, 1.82) is 5.26 Å². The molecule has 0 amide bonds. The van der Waals surface area contributed by atoms with Crippen LogP contribution in [0.15, 0.2) is 4.52 Å². The molecular formula is C13H19N3O2S. The molecule has 0 N–H and O–H groups in total. The van der Waals surface area contributed by atoms with Crippen LogP contribution in [-0.4, -0.2) is 22.5 Å². The Hall–Kier alpha value is -1.06. The van der Waals surface area contributed by atoms with E-state index < -0.39 is 0 Å². The van der Waals surface area contributed by atoms with Crippen LogP contribution in [0.4, 0.5) is 0 Å². The van der Waals surface area contributed by atoms with Crippen molar-refractivity contribution in [3.8, 4) is 6.07 Å². The molecule has 0 spiro atoms. The lowest BCUT2D eigenvalue weighted by Crippen LogP contribution is -2.33. The Kier molecular flexibility index (Phi) is 5.23. The van der Waals surface area contributed by atoms with Gasteiger partial charge in [0.2, 0.25) is 11.7 Å². The van der Waals surface area contributed by atoms with E-state index in [4.69, 9.17) is 14.5 Å². The van der Waals surface area contributed by atoms with Gasteiger partial charge in [0.05, 0.1) is 17.6 Å². The molecule has 0 saturated heterocycles. The number of rotatable bonds is 6. The molecule has 5 nitrogen and oxygen atoms in total. The van der Waals surface area contributed by atoms with E-state index >= 15 is 0 Å². The molecule has 104 valence electrons. The Morgan fingerprint density at radius 2 is 2.21 bits per heavy atom. The van der Waals surface area contributed by atoms with Gasteiger partial charge in [0, 0.05) is 6.61 Å². The summed E-state index contributed by atoms with van der Waals surface area (Å²) in [6.45, 7) is 2.66. The van der Waals surface area contributed by atoms with Crippen LogP contribution >= 0.6 is 11.8 Å². The molecule has 1 aliphatic rings. The van der Waals surface area contributed by atoms with Crippen molar-refractivity contribution in [1.82, 2.24) is 10.1 Å². The summed E-state index contributed by atoms with van der Waals surface area (Å²) >= 11 is 1.48. The third-order valence-corrected chi connectivity index (χ3v) is 4.13. The second-order valence-electron chi connectivity index (χ2n) is 4.65. The number of ether oxygens (including phenoxy) is 1. The third kappa shape index (κ3) is 3.48. The Bertz CT molecular complexity index is 430. The molecule has 1 aliphatic carbocycles. The van der Waals surface area contributed by atoms with Crippen molar-refractivity contribution in [3.63, 3.8) is 0 Å². The summed E-state index contributed by atoms with van der Waals surface area (Å²) in [5, 5.41) is 12.6. The molecule has 2 rings (SSSR count). The Balaban J connectivity index is 2.07. The maximum Gasteiger partial charge on any atom is 0.236 e. The molecule has 1 aromatic heterocycles. The zero-order chi connectivity index (χ0) is 13.6. The van der Waals surface area contributed by atoms with E-state index in [9.17, 15) is 0 Å². The molecule has 0 bridgehead atoms. The number of thioether (sulfide) groups is 1. The van der Waals surface area contributed by atoms with Crippen LogP contribution in [0.3, 0.4) is 0 Å². The zero-order valence-corrected chi connectivity index (χ0v) is 12.0. The minimum absolute atomic E-state index is 0.353. The largest absolute Gasteiger partial charge is 0.367 e. The summed E-state index contributed by atoms with van der Waals surface area (Å²) in [7, 11) is 0. The van der Waals surface area contributed by atoms with Crippen LogP contribution in [0, 0.1) is 11.3 Å². The first-order valence-electron chi connectivity index (χ1n) is 6.72. The minimum Gasteiger partial charge on any atom is -0.367 e. The van der Waals surface area contributed by atoms with E-state index in [0.717, 1.165) is 25.7 Å². The molecule has 19 heavy (non-hydrogen) atoms. The highest BCUT2D eigenvalue weighted by Gasteiger charge is 2.39. The van der Waals surface area contributed by atoms with Gasteiger partial charge in [-0.1, -0.05) is 24.4 Å². The highest BCUT2D eigenvalue weighted by atomic mass is 32.2. The van der Waals surface area contributed by atoms with E-state index in [0.29, 0.717) is 29.8 Å². The second-order valence-corrected chi connectivity index (χ2v) is 5.64. The van der Waals surface area contributed by atoms with Crippen molar-refractivity contribution >= 4 is 11.8 Å². The summed E-state index contributed by atoms with van der Waals surface area (Å²) in [5.41, 5.74) is -0.353. The van der Waals surface area contributed by atoms with Crippen molar-refractivity contribution in [2.75, 3.05) is 12.4 Å². The number of hydrogen-bond donors (Lipinski definition) is 0. The lowest BCUT2D eigenvalue weighted by Gasteiger charge is -2.33. The number of nitriles is 1. The van der Waals surface area contributed by atoms with Crippen molar-refractivity contribution in [3.05, 3.63) is 11.7 Å². The maximum atomic E-state index is 8.51. The van der Waals surface area contributed by atoms with Crippen molar-refractivity contribution < 1.29 is 9.26 Å².